The van der Waals surface area contributed by atoms with Crippen molar-refractivity contribution in [3.05, 3.63) is 63.4 Å². The van der Waals surface area contributed by atoms with Crippen LogP contribution < -0.4 is 16.6 Å². The first-order valence-corrected chi connectivity index (χ1v) is 6.77. The van der Waals surface area contributed by atoms with Gasteiger partial charge in [0.25, 0.3) is 5.56 Å². The third kappa shape index (κ3) is 2.98. The number of benzene rings is 2. The summed E-state index contributed by atoms with van der Waals surface area (Å²) in [7, 11) is 0. The monoisotopic (exact) mass is 300 g/mol. The van der Waals surface area contributed by atoms with E-state index in [1.54, 1.807) is 18.2 Å². The Morgan fingerprint density at radius 3 is 2.90 bits per heavy atom. The van der Waals surface area contributed by atoms with Crippen molar-refractivity contribution < 1.29 is 0 Å². The molecule has 21 heavy (non-hydrogen) atoms. The molecule has 0 fully saturated rings. The summed E-state index contributed by atoms with van der Waals surface area (Å²) < 4.78 is 0. The minimum absolute atomic E-state index is 0.221. The molecule has 0 saturated heterocycles. The van der Waals surface area contributed by atoms with Crippen LogP contribution in [0.1, 0.15) is 5.56 Å². The van der Waals surface area contributed by atoms with Gasteiger partial charge in [-0.25, -0.2) is 4.98 Å². The van der Waals surface area contributed by atoms with E-state index in [9.17, 15) is 4.79 Å². The Kier molecular flexibility index (Phi) is 3.50. The lowest BCUT2D eigenvalue weighted by molar-refractivity contribution is 1.06. The zero-order valence-corrected chi connectivity index (χ0v) is 11.8. The van der Waals surface area contributed by atoms with Gasteiger partial charge < -0.3 is 11.1 Å². The van der Waals surface area contributed by atoms with Crippen molar-refractivity contribution in [1.82, 2.24) is 9.97 Å². The van der Waals surface area contributed by atoms with E-state index in [0.717, 1.165) is 5.56 Å². The number of fused-ring (bicyclic) bond motifs is 1. The lowest BCUT2D eigenvalue weighted by Crippen LogP contribution is -2.13. The summed E-state index contributed by atoms with van der Waals surface area (Å²) >= 11 is 5.93. The first-order valence-electron chi connectivity index (χ1n) is 6.40. The maximum Gasteiger partial charge on any atom is 0.260 e. The van der Waals surface area contributed by atoms with Gasteiger partial charge in [0.1, 0.15) is 0 Å². The largest absolute Gasteiger partial charge is 0.399 e. The molecule has 0 bridgehead atoms. The van der Waals surface area contributed by atoms with Crippen LogP contribution in [0.3, 0.4) is 0 Å². The van der Waals surface area contributed by atoms with Crippen LogP contribution in [0.15, 0.2) is 47.3 Å². The topological polar surface area (TPSA) is 83.8 Å². The molecular formula is C15H13ClN4O. The second-order valence-electron chi connectivity index (χ2n) is 4.67. The third-order valence-electron chi connectivity index (χ3n) is 3.08. The Labute approximate surface area is 125 Å². The van der Waals surface area contributed by atoms with E-state index in [0.29, 0.717) is 34.1 Å². The van der Waals surface area contributed by atoms with E-state index in [4.69, 9.17) is 17.3 Å². The number of nitrogen functional groups attached to an aromatic ring is 1. The van der Waals surface area contributed by atoms with Crippen LogP contribution in [0, 0.1) is 0 Å². The summed E-state index contributed by atoms with van der Waals surface area (Å²) in [6.45, 7) is 0.518. The molecule has 0 aliphatic rings. The number of nitrogens with two attached hydrogens (primary N) is 1. The lowest BCUT2D eigenvalue weighted by Gasteiger charge is -2.07. The molecule has 0 aliphatic carbocycles. The minimum Gasteiger partial charge on any atom is -0.399 e. The Morgan fingerprint density at radius 1 is 1.24 bits per heavy atom. The zero-order chi connectivity index (χ0) is 14.8. The van der Waals surface area contributed by atoms with Crippen molar-refractivity contribution >= 4 is 34.1 Å². The van der Waals surface area contributed by atoms with Crippen LogP contribution in [0.25, 0.3) is 10.9 Å². The van der Waals surface area contributed by atoms with Crippen molar-refractivity contribution in [2.45, 2.75) is 6.54 Å². The molecule has 0 atom stereocenters. The number of aromatic nitrogens is 2. The van der Waals surface area contributed by atoms with Gasteiger partial charge in [0, 0.05) is 17.3 Å². The Morgan fingerprint density at radius 2 is 2.10 bits per heavy atom. The number of nitrogens with one attached hydrogen (secondary N) is 2. The number of anilines is 2. The molecule has 0 radical (unpaired) electrons. The van der Waals surface area contributed by atoms with Gasteiger partial charge in [-0.3, -0.25) is 9.78 Å². The number of halogens is 1. The molecule has 3 aromatic rings. The maximum absolute atomic E-state index is 12.0. The molecule has 1 heterocycles. The van der Waals surface area contributed by atoms with Gasteiger partial charge in [-0.1, -0.05) is 23.7 Å². The quantitative estimate of drug-likeness (QED) is 0.649. The molecule has 5 nitrogen and oxygen atoms in total. The Balaban J connectivity index is 1.88. The number of aromatic amines is 1. The maximum atomic E-state index is 12.0. The van der Waals surface area contributed by atoms with Gasteiger partial charge >= 0.3 is 0 Å². The summed E-state index contributed by atoms with van der Waals surface area (Å²) in [5, 5.41) is 4.23. The molecule has 106 valence electrons. The van der Waals surface area contributed by atoms with Gasteiger partial charge in [-0.15, -0.1) is 0 Å². The fourth-order valence-corrected chi connectivity index (χ4v) is 2.29. The molecule has 0 unspecified atom stereocenters. The molecule has 2 aromatic carbocycles. The molecule has 0 saturated carbocycles. The number of rotatable bonds is 3. The predicted octanol–water partition coefficient (Wildman–Crippen LogP) is 2.77. The first-order chi connectivity index (χ1) is 10.1. The average molecular weight is 301 g/mol. The smallest absolute Gasteiger partial charge is 0.260 e. The zero-order valence-electron chi connectivity index (χ0n) is 11.1. The summed E-state index contributed by atoms with van der Waals surface area (Å²) in [5.74, 6) is 0.414. The third-order valence-corrected chi connectivity index (χ3v) is 3.31. The standard InChI is InChI=1S/C15H13ClN4O/c16-10-3-1-2-9(6-10)8-18-15-19-13-5-4-11(17)7-12(13)14(21)20-15/h1-7H,8,17H2,(H2,18,19,20,21). The molecule has 0 spiro atoms. The highest BCUT2D eigenvalue weighted by molar-refractivity contribution is 6.30. The number of hydrogen-bond donors (Lipinski definition) is 3. The van der Waals surface area contributed by atoms with Crippen molar-refractivity contribution in [2.75, 3.05) is 11.1 Å². The minimum atomic E-state index is -0.221. The highest BCUT2D eigenvalue weighted by Crippen LogP contribution is 2.14. The van der Waals surface area contributed by atoms with Crippen LogP contribution in [-0.4, -0.2) is 9.97 Å². The van der Waals surface area contributed by atoms with Crippen LogP contribution in [0.4, 0.5) is 11.6 Å². The number of H-pyrrole nitrogens is 1. The Bertz CT molecular complexity index is 860. The van der Waals surface area contributed by atoms with Gasteiger partial charge in [0.05, 0.1) is 10.9 Å². The molecular weight excluding hydrogens is 288 g/mol. The normalized spacial score (nSPS) is 10.7. The van der Waals surface area contributed by atoms with Crippen LogP contribution in [0.5, 0.6) is 0 Å². The highest BCUT2D eigenvalue weighted by Gasteiger charge is 2.04. The average Bonchev–Trinajstić information content (AvgIpc) is 2.46. The first kappa shape index (κ1) is 13.5. The molecule has 1 aromatic heterocycles. The van der Waals surface area contributed by atoms with Gasteiger partial charge in [-0.05, 0) is 35.9 Å². The van der Waals surface area contributed by atoms with E-state index in [1.807, 2.05) is 24.3 Å². The van der Waals surface area contributed by atoms with Crippen molar-refractivity contribution in [3.8, 4) is 0 Å². The van der Waals surface area contributed by atoms with Gasteiger partial charge in [0.2, 0.25) is 5.95 Å². The molecule has 0 amide bonds. The predicted molar refractivity (Wildman–Crippen MR) is 85.6 cm³/mol. The highest BCUT2D eigenvalue weighted by atomic mass is 35.5. The fraction of sp³-hybridized carbons (Fsp3) is 0.0667. The van der Waals surface area contributed by atoms with Crippen molar-refractivity contribution in [2.24, 2.45) is 0 Å². The fourth-order valence-electron chi connectivity index (χ4n) is 2.07. The van der Waals surface area contributed by atoms with Crippen LogP contribution in [0.2, 0.25) is 5.02 Å². The van der Waals surface area contributed by atoms with Crippen molar-refractivity contribution in [3.63, 3.8) is 0 Å². The SMILES string of the molecule is Nc1ccc2nc(NCc3cccc(Cl)c3)[nH]c(=O)c2c1. The van der Waals surface area contributed by atoms with E-state index in [2.05, 4.69) is 15.3 Å². The Hall–Kier alpha value is -2.53. The second-order valence-corrected chi connectivity index (χ2v) is 5.11. The van der Waals surface area contributed by atoms with E-state index >= 15 is 0 Å². The molecule has 0 aliphatic heterocycles. The number of hydrogen-bond acceptors (Lipinski definition) is 4. The second kappa shape index (κ2) is 5.46. The molecule has 4 N–H and O–H groups in total. The summed E-state index contributed by atoms with van der Waals surface area (Å²) in [4.78, 5) is 19.1. The van der Waals surface area contributed by atoms with E-state index in [1.165, 1.54) is 0 Å². The van der Waals surface area contributed by atoms with E-state index in [-0.39, 0.29) is 5.56 Å². The van der Waals surface area contributed by atoms with Gasteiger partial charge in [0.15, 0.2) is 0 Å². The van der Waals surface area contributed by atoms with E-state index < -0.39 is 0 Å². The van der Waals surface area contributed by atoms with Crippen LogP contribution >= 0.6 is 11.6 Å². The van der Waals surface area contributed by atoms with Crippen LogP contribution in [-0.2, 0) is 6.54 Å². The van der Waals surface area contributed by atoms with Gasteiger partial charge in [-0.2, -0.15) is 0 Å². The summed E-state index contributed by atoms with van der Waals surface area (Å²) in [6.07, 6.45) is 0. The summed E-state index contributed by atoms with van der Waals surface area (Å²) in [5.41, 5.74) is 7.59. The summed E-state index contributed by atoms with van der Waals surface area (Å²) in [6, 6.07) is 12.5. The number of nitrogens with zero attached hydrogens (tertiary/aromatic N) is 1. The molecule has 3 rings (SSSR count). The van der Waals surface area contributed by atoms with Crippen molar-refractivity contribution in [1.29, 1.82) is 0 Å². The molecule has 6 heteroatoms. The lowest BCUT2D eigenvalue weighted by atomic mass is 10.2.